The molecule has 0 aliphatic carbocycles. The molecule has 4 unspecified atom stereocenters. The van der Waals surface area contributed by atoms with E-state index in [1.807, 2.05) is 6.92 Å². The van der Waals surface area contributed by atoms with E-state index in [1.165, 1.54) is 21.0 Å². The third-order valence-corrected chi connectivity index (χ3v) is 8.22. The van der Waals surface area contributed by atoms with Gasteiger partial charge in [0.25, 0.3) is 0 Å². The number of carbonyl (C=O) groups excluding carboxylic acids is 1. The SMILES string of the molecule is CC[C@@H]1OC(COS(=O)(=O)O)[C@H](COC[C@@H]2OC(C(=O)O)[C@H](COC)[C@H](C)C2OS(=O)(=O)O)[C@H](C)C1NC(C)=O. The quantitative estimate of drug-likeness (QED) is 0.182. The average Bonchev–Trinajstić information content (AvgIpc) is 2.82. The van der Waals surface area contributed by atoms with Gasteiger partial charge in [-0.25, -0.2) is 13.2 Å². The summed E-state index contributed by atoms with van der Waals surface area (Å²) in [5.74, 6) is -4.18. The summed E-state index contributed by atoms with van der Waals surface area (Å²) in [6, 6.07) is -0.481. The fourth-order valence-electron chi connectivity index (χ4n) is 5.38. The van der Waals surface area contributed by atoms with Crippen LogP contribution in [0, 0.1) is 23.7 Å². The topological polar surface area (TPSA) is 231 Å². The van der Waals surface area contributed by atoms with Gasteiger partial charge in [-0.2, -0.15) is 16.8 Å². The van der Waals surface area contributed by atoms with Crippen molar-refractivity contribution in [3.05, 3.63) is 0 Å². The van der Waals surface area contributed by atoms with Crippen molar-refractivity contribution in [1.82, 2.24) is 5.32 Å². The molecule has 2 rings (SSSR count). The minimum absolute atomic E-state index is 0.0907. The normalized spacial score (nSPS) is 35.3. The van der Waals surface area contributed by atoms with Crippen molar-refractivity contribution < 1.29 is 68.0 Å². The molecule has 2 fully saturated rings. The van der Waals surface area contributed by atoms with Crippen molar-refractivity contribution in [2.45, 2.75) is 70.7 Å². The predicted octanol–water partition coefficient (Wildman–Crippen LogP) is -0.304. The van der Waals surface area contributed by atoms with Gasteiger partial charge in [0.2, 0.25) is 5.91 Å². The fraction of sp³-hybridized carbons (Fsp3) is 0.909. The average molecular weight is 622 g/mol. The Bertz CT molecular complexity index is 1070. The number of carboxylic acid groups (broad SMARTS) is 1. The van der Waals surface area contributed by atoms with E-state index in [-0.39, 0.29) is 31.6 Å². The number of hydrogen-bond donors (Lipinski definition) is 4. The Labute approximate surface area is 233 Å². The van der Waals surface area contributed by atoms with Crippen molar-refractivity contribution in [3.8, 4) is 0 Å². The zero-order valence-corrected chi connectivity index (χ0v) is 24.5. The molecule has 0 aromatic rings. The van der Waals surface area contributed by atoms with Crippen molar-refractivity contribution >= 4 is 32.7 Å². The van der Waals surface area contributed by atoms with E-state index in [1.54, 1.807) is 6.92 Å². The van der Waals surface area contributed by atoms with Gasteiger partial charge in [-0.1, -0.05) is 20.8 Å². The third-order valence-electron chi connectivity index (χ3n) is 7.32. The second-order valence-corrected chi connectivity index (χ2v) is 12.2. The Balaban J connectivity index is 2.27. The molecule has 0 bridgehead atoms. The first-order valence-electron chi connectivity index (χ1n) is 12.6. The van der Waals surface area contributed by atoms with Crippen LogP contribution in [0.15, 0.2) is 0 Å². The summed E-state index contributed by atoms with van der Waals surface area (Å²) in [7, 11) is -8.41. The highest BCUT2D eigenvalue weighted by molar-refractivity contribution is 7.81. The summed E-state index contributed by atoms with van der Waals surface area (Å²) in [5, 5.41) is 12.5. The molecular formula is C22H39NO15S2. The van der Waals surface area contributed by atoms with Gasteiger partial charge in [-0.3, -0.25) is 13.9 Å². The van der Waals surface area contributed by atoms with Gasteiger partial charge in [-0.05, 0) is 18.3 Å². The zero-order chi connectivity index (χ0) is 30.4. The number of carboxylic acids is 1. The molecule has 234 valence electrons. The van der Waals surface area contributed by atoms with E-state index in [4.69, 9.17) is 27.7 Å². The van der Waals surface area contributed by atoms with E-state index >= 15 is 0 Å². The first-order chi connectivity index (χ1) is 18.5. The van der Waals surface area contributed by atoms with Crippen LogP contribution in [0.1, 0.15) is 34.1 Å². The summed E-state index contributed by atoms with van der Waals surface area (Å²) in [6.45, 7) is 5.30. The van der Waals surface area contributed by atoms with Crippen molar-refractivity contribution in [3.63, 3.8) is 0 Å². The maximum Gasteiger partial charge on any atom is 0.397 e. The molecule has 0 saturated carbocycles. The first kappa shape index (κ1) is 34.7. The van der Waals surface area contributed by atoms with E-state index in [0.29, 0.717) is 6.42 Å². The highest BCUT2D eigenvalue weighted by Crippen LogP contribution is 2.36. The van der Waals surface area contributed by atoms with E-state index in [0.717, 1.165) is 0 Å². The molecule has 0 radical (unpaired) electrons. The number of rotatable bonds is 14. The van der Waals surface area contributed by atoms with Gasteiger partial charge in [0, 0.05) is 25.9 Å². The third kappa shape index (κ3) is 9.81. The Kier molecular flexibility index (Phi) is 12.7. The molecule has 0 spiro atoms. The largest absolute Gasteiger partial charge is 0.479 e. The molecular weight excluding hydrogens is 582 g/mol. The molecule has 2 aliphatic heterocycles. The molecule has 40 heavy (non-hydrogen) atoms. The standard InChI is InChI=1S/C22H39NO15S2/c1-6-16-19(23-13(4)24)11(2)14(17(36-16)10-35-39(27,28)29)8-34-9-18-20(38-40(30,31)32)12(3)15(7-33-5)21(37-18)22(25)26/h11-12,14-21H,6-10H2,1-5H3,(H,23,24)(H,25,26)(H,27,28,29)(H,30,31,32)/t11-,12-,14+,15+,16-,17?,18-,19?,20?,21?/m0/s1. The molecule has 4 N–H and O–H groups in total. The Morgan fingerprint density at radius 3 is 2.02 bits per heavy atom. The Morgan fingerprint density at radius 2 is 1.52 bits per heavy atom. The van der Waals surface area contributed by atoms with Crippen LogP contribution in [-0.4, -0.2) is 113 Å². The van der Waals surface area contributed by atoms with Crippen LogP contribution in [0.3, 0.4) is 0 Å². The molecule has 0 aromatic heterocycles. The van der Waals surface area contributed by atoms with E-state index < -0.39 is 87.7 Å². The summed E-state index contributed by atoms with van der Waals surface area (Å²) in [4.78, 5) is 23.7. The van der Waals surface area contributed by atoms with Gasteiger partial charge < -0.3 is 29.4 Å². The zero-order valence-electron chi connectivity index (χ0n) is 22.9. The van der Waals surface area contributed by atoms with Crippen LogP contribution >= 0.6 is 0 Å². The van der Waals surface area contributed by atoms with Gasteiger partial charge in [0.15, 0.2) is 6.10 Å². The lowest BCUT2D eigenvalue weighted by atomic mass is 9.78. The molecule has 2 heterocycles. The molecule has 2 saturated heterocycles. The molecule has 16 nitrogen and oxygen atoms in total. The molecule has 10 atom stereocenters. The minimum Gasteiger partial charge on any atom is -0.479 e. The Morgan fingerprint density at radius 1 is 0.875 bits per heavy atom. The summed E-state index contributed by atoms with van der Waals surface area (Å²) in [6.07, 6.45) is -4.93. The van der Waals surface area contributed by atoms with Gasteiger partial charge >= 0.3 is 26.8 Å². The van der Waals surface area contributed by atoms with Crippen LogP contribution in [0.5, 0.6) is 0 Å². The molecule has 18 heteroatoms. The van der Waals surface area contributed by atoms with Crippen molar-refractivity contribution in [2.75, 3.05) is 33.5 Å². The Hall–Kier alpha value is -1.48. The van der Waals surface area contributed by atoms with E-state index in [2.05, 4.69) is 9.50 Å². The smallest absolute Gasteiger partial charge is 0.397 e. The van der Waals surface area contributed by atoms with Crippen LogP contribution < -0.4 is 5.32 Å². The molecule has 1 amide bonds. The number of ether oxygens (including phenoxy) is 4. The number of nitrogens with one attached hydrogen (secondary N) is 1. The monoisotopic (exact) mass is 621 g/mol. The van der Waals surface area contributed by atoms with Gasteiger partial charge in [0.1, 0.15) is 12.2 Å². The summed E-state index contributed by atoms with van der Waals surface area (Å²) >= 11 is 0. The van der Waals surface area contributed by atoms with E-state index in [9.17, 15) is 36.1 Å². The maximum atomic E-state index is 11.9. The van der Waals surface area contributed by atoms with Crippen molar-refractivity contribution in [1.29, 1.82) is 0 Å². The van der Waals surface area contributed by atoms with Gasteiger partial charge in [0.05, 0.1) is 44.7 Å². The van der Waals surface area contributed by atoms with Crippen LogP contribution in [0.25, 0.3) is 0 Å². The van der Waals surface area contributed by atoms with Gasteiger partial charge in [-0.15, -0.1) is 0 Å². The number of aliphatic carboxylic acids is 1. The first-order valence-corrected chi connectivity index (χ1v) is 15.4. The lowest BCUT2D eigenvalue weighted by molar-refractivity contribution is -0.209. The highest BCUT2D eigenvalue weighted by atomic mass is 32.3. The fourth-order valence-corrected chi connectivity index (χ4v) is 6.27. The maximum absolute atomic E-state index is 11.9. The van der Waals surface area contributed by atoms with Crippen LogP contribution in [0.4, 0.5) is 0 Å². The number of methoxy groups -OCH3 is 1. The summed E-state index contributed by atoms with van der Waals surface area (Å²) in [5.41, 5.74) is 0. The number of hydrogen-bond acceptors (Lipinski definition) is 12. The van der Waals surface area contributed by atoms with Crippen LogP contribution in [0.2, 0.25) is 0 Å². The molecule has 2 aliphatic rings. The lowest BCUT2D eigenvalue weighted by Gasteiger charge is -2.46. The highest BCUT2D eigenvalue weighted by Gasteiger charge is 2.49. The van der Waals surface area contributed by atoms with Crippen molar-refractivity contribution in [2.24, 2.45) is 23.7 Å². The minimum atomic E-state index is -4.96. The molecule has 0 aromatic carbocycles. The lowest BCUT2D eigenvalue weighted by Crippen LogP contribution is -2.59. The second kappa shape index (κ2) is 14.6. The number of carbonyl (C=O) groups is 2. The summed E-state index contributed by atoms with van der Waals surface area (Å²) < 4.78 is 95.9. The number of amides is 1. The second-order valence-electron chi connectivity index (χ2n) is 10.0. The van der Waals surface area contributed by atoms with Crippen LogP contribution in [-0.2, 0) is 57.7 Å². The predicted molar refractivity (Wildman–Crippen MR) is 135 cm³/mol.